The first kappa shape index (κ1) is 18.5. The molecule has 0 aliphatic heterocycles. The van der Waals surface area contributed by atoms with E-state index in [1.807, 2.05) is 50.2 Å². The summed E-state index contributed by atoms with van der Waals surface area (Å²) in [6.07, 6.45) is 0.896. The SMILES string of the molecule is C=C(C)C(CCN(C)N=NC(C)Br)Nc1ccc(OC)cc1. The van der Waals surface area contributed by atoms with Crippen LogP contribution in [0.2, 0.25) is 0 Å². The van der Waals surface area contributed by atoms with Crippen LogP contribution < -0.4 is 10.1 Å². The van der Waals surface area contributed by atoms with E-state index in [1.165, 1.54) is 0 Å². The van der Waals surface area contributed by atoms with E-state index in [-0.39, 0.29) is 11.0 Å². The number of halogens is 1. The Kier molecular flexibility index (Phi) is 7.95. The lowest BCUT2D eigenvalue weighted by Gasteiger charge is -2.22. The van der Waals surface area contributed by atoms with E-state index < -0.39 is 0 Å². The van der Waals surface area contributed by atoms with Crippen molar-refractivity contribution in [1.29, 1.82) is 0 Å². The lowest BCUT2D eigenvalue weighted by atomic mass is 10.1. The average Bonchev–Trinajstić information content (AvgIpc) is 2.49. The van der Waals surface area contributed by atoms with E-state index in [9.17, 15) is 0 Å². The Morgan fingerprint density at radius 1 is 1.41 bits per heavy atom. The van der Waals surface area contributed by atoms with Crippen LogP contribution in [0.5, 0.6) is 5.75 Å². The number of anilines is 1. The fourth-order valence-electron chi connectivity index (χ4n) is 1.85. The Balaban J connectivity index is 2.56. The van der Waals surface area contributed by atoms with Crippen molar-refractivity contribution in [2.75, 3.05) is 26.0 Å². The van der Waals surface area contributed by atoms with Crippen molar-refractivity contribution in [3.63, 3.8) is 0 Å². The quantitative estimate of drug-likeness (QED) is 0.230. The Morgan fingerprint density at radius 2 is 2.05 bits per heavy atom. The summed E-state index contributed by atoms with van der Waals surface area (Å²) < 4.78 is 5.17. The van der Waals surface area contributed by atoms with Crippen molar-refractivity contribution in [2.45, 2.75) is 31.3 Å². The van der Waals surface area contributed by atoms with Gasteiger partial charge in [0.25, 0.3) is 0 Å². The number of rotatable bonds is 9. The summed E-state index contributed by atoms with van der Waals surface area (Å²) in [4.78, 5) is 0.0318. The molecule has 1 N–H and O–H groups in total. The van der Waals surface area contributed by atoms with Gasteiger partial charge in [-0.2, -0.15) is 5.11 Å². The molecule has 0 saturated heterocycles. The smallest absolute Gasteiger partial charge is 0.125 e. The molecule has 0 spiro atoms. The molecule has 1 aromatic carbocycles. The predicted octanol–water partition coefficient (Wildman–Crippen LogP) is 4.48. The number of benzene rings is 1. The molecule has 2 unspecified atom stereocenters. The zero-order valence-electron chi connectivity index (χ0n) is 13.7. The van der Waals surface area contributed by atoms with Gasteiger partial charge in [-0.1, -0.05) is 33.3 Å². The molecule has 0 heterocycles. The minimum atomic E-state index is 0.0318. The number of nitrogens with zero attached hydrogens (tertiary/aromatic N) is 3. The molecule has 6 heteroatoms. The van der Waals surface area contributed by atoms with Crippen molar-refractivity contribution in [1.82, 2.24) is 5.01 Å². The van der Waals surface area contributed by atoms with E-state index in [1.54, 1.807) is 7.11 Å². The summed E-state index contributed by atoms with van der Waals surface area (Å²) >= 11 is 3.34. The normalized spacial score (nSPS) is 13.7. The van der Waals surface area contributed by atoms with Crippen LogP contribution in [-0.2, 0) is 0 Å². The minimum absolute atomic E-state index is 0.0318. The summed E-state index contributed by atoms with van der Waals surface area (Å²) in [6.45, 7) is 8.83. The van der Waals surface area contributed by atoms with Crippen LogP contribution in [0.4, 0.5) is 5.69 Å². The van der Waals surface area contributed by atoms with Crippen molar-refractivity contribution in [3.8, 4) is 5.75 Å². The fourth-order valence-corrected chi connectivity index (χ4v) is 1.93. The molecule has 0 aliphatic carbocycles. The highest BCUT2D eigenvalue weighted by Crippen LogP contribution is 2.18. The monoisotopic (exact) mass is 368 g/mol. The third-order valence-electron chi connectivity index (χ3n) is 3.13. The second-order valence-corrected chi connectivity index (χ2v) is 6.55. The molecule has 0 fully saturated rings. The Morgan fingerprint density at radius 3 is 2.55 bits per heavy atom. The Bertz CT molecular complexity index is 487. The zero-order valence-corrected chi connectivity index (χ0v) is 15.3. The van der Waals surface area contributed by atoms with E-state index in [2.05, 4.69) is 38.2 Å². The van der Waals surface area contributed by atoms with Gasteiger partial charge < -0.3 is 10.1 Å². The second kappa shape index (κ2) is 9.46. The highest BCUT2D eigenvalue weighted by Gasteiger charge is 2.10. The van der Waals surface area contributed by atoms with Gasteiger partial charge in [0.1, 0.15) is 10.7 Å². The van der Waals surface area contributed by atoms with Gasteiger partial charge in [0.15, 0.2) is 0 Å². The molecule has 1 rings (SSSR count). The topological polar surface area (TPSA) is 49.2 Å². The molecule has 0 saturated carbocycles. The van der Waals surface area contributed by atoms with E-state index >= 15 is 0 Å². The lowest BCUT2D eigenvalue weighted by Crippen LogP contribution is -2.26. The fraction of sp³-hybridized carbons (Fsp3) is 0.500. The first-order valence-corrected chi connectivity index (χ1v) is 8.16. The largest absolute Gasteiger partial charge is 0.497 e. The van der Waals surface area contributed by atoms with Gasteiger partial charge in [0, 0.05) is 25.3 Å². The number of ether oxygens (including phenoxy) is 1. The van der Waals surface area contributed by atoms with Crippen LogP contribution in [-0.4, -0.2) is 36.7 Å². The van der Waals surface area contributed by atoms with Crippen LogP contribution in [0, 0.1) is 0 Å². The van der Waals surface area contributed by atoms with Crippen molar-refractivity contribution in [3.05, 3.63) is 36.4 Å². The summed E-state index contributed by atoms with van der Waals surface area (Å²) in [6, 6.07) is 8.08. The number of hydrogen-bond acceptors (Lipinski definition) is 4. The molecule has 2 atom stereocenters. The van der Waals surface area contributed by atoms with Crippen molar-refractivity contribution in [2.24, 2.45) is 10.3 Å². The van der Waals surface area contributed by atoms with Crippen molar-refractivity contribution >= 4 is 21.6 Å². The Labute approximate surface area is 141 Å². The van der Waals surface area contributed by atoms with Crippen LogP contribution in [0.1, 0.15) is 20.3 Å². The zero-order chi connectivity index (χ0) is 16.5. The first-order valence-electron chi connectivity index (χ1n) is 7.24. The second-order valence-electron chi connectivity index (χ2n) is 5.22. The molecular weight excluding hydrogens is 344 g/mol. The lowest BCUT2D eigenvalue weighted by molar-refractivity contribution is 0.316. The molecule has 1 aromatic rings. The minimum Gasteiger partial charge on any atom is -0.497 e. The summed E-state index contributed by atoms with van der Waals surface area (Å²) in [5.41, 5.74) is 2.14. The number of hydrogen-bond donors (Lipinski definition) is 1. The molecule has 122 valence electrons. The molecule has 0 amide bonds. The highest BCUT2D eigenvalue weighted by atomic mass is 79.9. The van der Waals surface area contributed by atoms with Crippen molar-refractivity contribution < 1.29 is 4.74 Å². The predicted molar refractivity (Wildman–Crippen MR) is 95.7 cm³/mol. The first-order chi connectivity index (χ1) is 10.4. The molecule has 22 heavy (non-hydrogen) atoms. The van der Waals surface area contributed by atoms with E-state index in [0.717, 1.165) is 30.0 Å². The average molecular weight is 369 g/mol. The molecule has 5 nitrogen and oxygen atoms in total. The van der Waals surface area contributed by atoms with E-state index in [4.69, 9.17) is 4.74 Å². The maximum absolute atomic E-state index is 5.17. The van der Waals surface area contributed by atoms with Crippen LogP contribution in [0.3, 0.4) is 0 Å². The summed E-state index contributed by atoms with van der Waals surface area (Å²) in [5.74, 6) is 0.849. The van der Waals surface area contributed by atoms with Gasteiger partial charge in [-0.15, -0.1) is 0 Å². The standard InChI is InChI=1S/C16H25BrN4O/c1-12(2)16(10-11-21(4)20-19-13(3)17)18-14-6-8-15(22-5)9-7-14/h6-9,13,16,18H,1,10-11H2,2-5H3. The summed E-state index contributed by atoms with van der Waals surface area (Å²) in [5, 5.41) is 13.5. The number of nitrogens with one attached hydrogen (secondary N) is 1. The van der Waals surface area contributed by atoms with Gasteiger partial charge in [-0.05, 0) is 44.5 Å². The van der Waals surface area contributed by atoms with Gasteiger partial charge in [0.05, 0.1) is 7.11 Å². The third kappa shape index (κ3) is 6.93. The maximum Gasteiger partial charge on any atom is 0.125 e. The highest BCUT2D eigenvalue weighted by molar-refractivity contribution is 9.09. The molecular formula is C16H25BrN4O. The van der Waals surface area contributed by atoms with Crippen LogP contribution in [0.15, 0.2) is 46.8 Å². The maximum atomic E-state index is 5.17. The molecule has 0 aliphatic rings. The molecule has 0 bridgehead atoms. The van der Waals surface area contributed by atoms with Crippen LogP contribution >= 0.6 is 15.9 Å². The Hall–Kier alpha value is -1.56. The molecule has 0 aromatic heterocycles. The number of alkyl halides is 1. The van der Waals surface area contributed by atoms with Gasteiger partial charge in [0.2, 0.25) is 0 Å². The van der Waals surface area contributed by atoms with Crippen LogP contribution in [0.25, 0.3) is 0 Å². The molecule has 0 radical (unpaired) electrons. The van der Waals surface area contributed by atoms with E-state index in [0.29, 0.717) is 0 Å². The summed E-state index contributed by atoms with van der Waals surface area (Å²) in [7, 11) is 3.58. The van der Waals surface area contributed by atoms with Gasteiger partial charge in [-0.25, -0.2) is 0 Å². The van der Waals surface area contributed by atoms with Gasteiger partial charge >= 0.3 is 0 Å². The van der Waals surface area contributed by atoms with Gasteiger partial charge in [-0.3, -0.25) is 5.01 Å². The third-order valence-corrected chi connectivity index (χ3v) is 3.31. The number of methoxy groups -OCH3 is 1.